The second kappa shape index (κ2) is 5.98. The van der Waals surface area contributed by atoms with E-state index in [1.165, 1.54) is 11.3 Å². The number of aromatic nitrogens is 1. The Labute approximate surface area is 136 Å². The van der Waals surface area contributed by atoms with Crippen LogP contribution in [-0.2, 0) is 5.54 Å². The van der Waals surface area contributed by atoms with Crippen LogP contribution in [0.2, 0.25) is 0 Å². The highest BCUT2D eigenvalue weighted by molar-refractivity contribution is 8.14. The number of amides is 2. The maximum absolute atomic E-state index is 10.9. The largest absolute Gasteiger partial charge is 0.351 e. The van der Waals surface area contributed by atoms with Gasteiger partial charge in [-0.05, 0) is 19.1 Å². The lowest BCUT2D eigenvalue weighted by atomic mass is 10.1. The Kier molecular flexibility index (Phi) is 4.04. The number of carbonyl (C=O) groups is 1. The van der Waals surface area contributed by atoms with E-state index in [1.54, 1.807) is 18.0 Å². The highest BCUT2D eigenvalue weighted by atomic mass is 32.2. The molecule has 6 nitrogen and oxygen atoms in total. The average molecular weight is 333 g/mol. The minimum atomic E-state index is -0.609. The molecule has 0 radical (unpaired) electrons. The predicted molar refractivity (Wildman–Crippen MR) is 92.6 cm³/mol. The van der Waals surface area contributed by atoms with E-state index in [2.05, 4.69) is 22.5 Å². The number of carbonyl (C=O) groups excluding carboxylic acids is 1. The highest BCUT2D eigenvalue weighted by Crippen LogP contribution is 2.40. The number of amidine groups is 1. The maximum Gasteiger partial charge on any atom is 0.318 e. The van der Waals surface area contributed by atoms with E-state index in [-0.39, 0.29) is 5.54 Å². The number of thioether (sulfide) groups is 1. The molecule has 1 aliphatic rings. The number of nitrogens with one attached hydrogen (secondary N) is 2. The van der Waals surface area contributed by atoms with Gasteiger partial charge in [0.25, 0.3) is 0 Å². The third-order valence-electron chi connectivity index (χ3n) is 3.13. The van der Waals surface area contributed by atoms with Gasteiger partial charge in [-0.3, -0.25) is 5.32 Å². The van der Waals surface area contributed by atoms with Crippen LogP contribution >= 0.6 is 23.1 Å². The van der Waals surface area contributed by atoms with Crippen LogP contribution in [0, 0.1) is 0 Å². The summed E-state index contributed by atoms with van der Waals surface area (Å²) in [5, 5.41) is 7.18. The van der Waals surface area contributed by atoms with Crippen molar-refractivity contribution in [1.82, 2.24) is 4.98 Å². The van der Waals surface area contributed by atoms with Crippen LogP contribution in [0.5, 0.6) is 0 Å². The Balaban J connectivity index is 1.76. The molecule has 0 spiro atoms. The summed E-state index contributed by atoms with van der Waals surface area (Å²) in [6.45, 7) is 2.06. The number of nitrogens with two attached hydrogens (primary N) is 1. The molecule has 0 saturated heterocycles. The summed E-state index contributed by atoms with van der Waals surface area (Å²) < 4.78 is 0. The SMILES string of the molecule is CC1(c2cnc(NC(N)=O)s2)CSC(Nc2ccccc2)=N1. The number of benzene rings is 1. The number of primary amides is 1. The highest BCUT2D eigenvalue weighted by Gasteiger charge is 2.34. The second-order valence-corrected chi connectivity index (χ2v) is 6.98. The molecule has 2 heterocycles. The average Bonchev–Trinajstić information content (AvgIpc) is 3.08. The third-order valence-corrected chi connectivity index (χ3v) is 5.47. The number of anilines is 2. The van der Waals surface area contributed by atoms with E-state index in [0.717, 1.165) is 21.5 Å². The fourth-order valence-electron chi connectivity index (χ4n) is 2.02. The maximum atomic E-state index is 10.9. The molecule has 0 bridgehead atoms. The van der Waals surface area contributed by atoms with Crippen molar-refractivity contribution in [2.45, 2.75) is 12.5 Å². The molecule has 8 heteroatoms. The van der Waals surface area contributed by atoms with Crippen molar-refractivity contribution in [3.05, 3.63) is 41.4 Å². The van der Waals surface area contributed by atoms with Crippen LogP contribution in [0.4, 0.5) is 15.6 Å². The van der Waals surface area contributed by atoms with Gasteiger partial charge in [0.2, 0.25) is 0 Å². The van der Waals surface area contributed by atoms with Crippen molar-refractivity contribution in [3.8, 4) is 0 Å². The molecule has 1 aliphatic heterocycles. The van der Waals surface area contributed by atoms with Gasteiger partial charge in [-0.25, -0.2) is 14.8 Å². The second-order valence-electron chi connectivity index (χ2n) is 4.99. The Morgan fingerprint density at radius 3 is 2.86 bits per heavy atom. The number of urea groups is 1. The fourth-order valence-corrected chi connectivity index (χ4v) is 4.11. The van der Waals surface area contributed by atoms with Crippen LogP contribution < -0.4 is 16.4 Å². The van der Waals surface area contributed by atoms with E-state index >= 15 is 0 Å². The zero-order valence-electron chi connectivity index (χ0n) is 11.9. The van der Waals surface area contributed by atoms with Crippen molar-refractivity contribution >= 4 is 45.1 Å². The van der Waals surface area contributed by atoms with E-state index in [9.17, 15) is 4.79 Å². The lowest BCUT2D eigenvalue weighted by Crippen LogP contribution is -2.19. The lowest BCUT2D eigenvalue weighted by Gasteiger charge is -2.16. The van der Waals surface area contributed by atoms with Gasteiger partial charge >= 0.3 is 6.03 Å². The number of hydrogen-bond acceptors (Lipinski definition) is 6. The normalized spacial score (nSPS) is 20.5. The Hall–Kier alpha value is -2.06. The number of aliphatic imine (C=N–C) groups is 1. The van der Waals surface area contributed by atoms with E-state index < -0.39 is 6.03 Å². The zero-order valence-corrected chi connectivity index (χ0v) is 13.5. The topological polar surface area (TPSA) is 92.4 Å². The van der Waals surface area contributed by atoms with Crippen LogP contribution in [0.3, 0.4) is 0 Å². The summed E-state index contributed by atoms with van der Waals surface area (Å²) in [6.07, 6.45) is 1.74. The van der Waals surface area contributed by atoms with Gasteiger partial charge in [-0.2, -0.15) is 0 Å². The van der Waals surface area contributed by atoms with Gasteiger partial charge in [-0.1, -0.05) is 41.3 Å². The lowest BCUT2D eigenvalue weighted by molar-refractivity contribution is 0.259. The van der Waals surface area contributed by atoms with Crippen LogP contribution in [-0.4, -0.2) is 21.9 Å². The number of thiazole rings is 1. The molecule has 1 unspecified atom stereocenters. The summed E-state index contributed by atoms with van der Waals surface area (Å²) in [5.41, 5.74) is 5.77. The van der Waals surface area contributed by atoms with E-state index in [1.807, 2.05) is 30.3 Å². The standard InChI is InChI=1S/C14H15N5OS2/c1-14(10-7-16-12(22-10)18-11(15)20)8-21-13(19-14)17-9-5-3-2-4-6-9/h2-7H,8H2,1H3,(H,17,19)(H3,15,16,18,20). The predicted octanol–water partition coefficient (Wildman–Crippen LogP) is 3.06. The first-order valence-electron chi connectivity index (χ1n) is 6.63. The van der Waals surface area contributed by atoms with Crippen molar-refractivity contribution in [2.24, 2.45) is 10.7 Å². The first kappa shape index (κ1) is 14.9. The molecular weight excluding hydrogens is 318 g/mol. The smallest absolute Gasteiger partial charge is 0.318 e. The molecular formula is C14H15N5OS2. The minimum absolute atomic E-state index is 0.350. The molecule has 22 heavy (non-hydrogen) atoms. The molecule has 1 aromatic heterocycles. The van der Waals surface area contributed by atoms with Crippen LogP contribution in [0.15, 0.2) is 41.5 Å². The quantitative estimate of drug-likeness (QED) is 0.805. The number of rotatable bonds is 3. The van der Waals surface area contributed by atoms with Gasteiger partial charge in [0.15, 0.2) is 10.3 Å². The number of para-hydroxylation sites is 1. The molecule has 0 fully saturated rings. The van der Waals surface area contributed by atoms with Gasteiger partial charge in [0.1, 0.15) is 5.54 Å². The molecule has 3 rings (SSSR count). The summed E-state index contributed by atoms with van der Waals surface area (Å²) in [5.74, 6) is 0.820. The Morgan fingerprint density at radius 2 is 2.14 bits per heavy atom. The molecule has 1 atom stereocenters. The number of nitrogens with zero attached hydrogens (tertiary/aromatic N) is 2. The molecule has 114 valence electrons. The summed E-state index contributed by atoms with van der Waals surface area (Å²) >= 11 is 3.06. The summed E-state index contributed by atoms with van der Waals surface area (Å²) in [4.78, 5) is 20.8. The van der Waals surface area contributed by atoms with Gasteiger partial charge in [-0.15, -0.1) is 0 Å². The number of hydrogen-bond donors (Lipinski definition) is 3. The molecule has 0 aliphatic carbocycles. The zero-order chi connectivity index (χ0) is 15.6. The summed E-state index contributed by atoms with van der Waals surface area (Å²) in [6, 6.07) is 9.32. The Morgan fingerprint density at radius 1 is 1.36 bits per heavy atom. The monoisotopic (exact) mass is 333 g/mol. The van der Waals surface area contributed by atoms with Crippen LogP contribution in [0.25, 0.3) is 0 Å². The third kappa shape index (κ3) is 3.23. The molecule has 2 amide bonds. The molecule has 2 aromatic rings. The van der Waals surface area contributed by atoms with Crippen molar-refractivity contribution < 1.29 is 4.79 Å². The van der Waals surface area contributed by atoms with Gasteiger partial charge in [0.05, 0.1) is 4.88 Å². The van der Waals surface area contributed by atoms with E-state index in [0.29, 0.717) is 5.13 Å². The molecule has 4 N–H and O–H groups in total. The first-order chi connectivity index (χ1) is 10.5. The van der Waals surface area contributed by atoms with E-state index in [4.69, 9.17) is 10.7 Å². The first-order valence-corrected chi connectivity index (χ1v) is 8.43. The fraction of sp³-hybridized carbons (Fsp3) is 0.214. The van der Waals surface area contributed by atoms with Crippen LogP contribution in [0.1, 0.15) is 11.8 Å². The van der Waals surface area contributed by atoms with Crippen molar-refractivity contribution in [3.63, 3.8) is 0 Å². The Bertz CT molecular complexity index is 715. The van der Waals surface area contributed by atoms with Crippen molar-refractivity contribution in [2.75, 3.05) is 16.4 Å². The van der Waals surface area contributed by atoms with Gasteiger partial charge < -0.3 is 11.1 Å². The van der Waals surface area contributed by atoms with Crippen molar-refractivity contribution in [1.29, 1.82) is 0 Å². The van der Waals surface area contributed by atoms with Gasteiger partial charge in [0, 0.05) is 17.6 Å². The summed E-state index contributed by atoms with van der Waals surface area (Å²) in [7, 11) is 0. The molecule has 1 aromatic carbocycles. The minimum Gasteiger partial charge on any atom is -0.351 e. The molecule has 0 saturated carbocycles.